The van der Waals surface area contributed by atoms with Crippen molar-refractivity contribution in [2.75, 3.05) is 44.1 Å². The minimum Gasteiger partial charge on any atom is -0.393 e. The summed E-state index contributed by atoms with van der Waals surface area (Å²) >= 11 is 0. The SMILES string of the molecule is CC(C)(C)c1ccc(S(=O)(=O)Nc2ccc3[nH]c(OC(=O)NCCN4CCOCC4)c(-c4ccncc4)c3c2)cc1. The largest absolute Gasteiger partial charge is 0.413 e. The lowest BCUT2D eigenvalue weighted by Gasteiger charge is -2.26. The lowest BCUT2D eigenvalue weighted by Crippen LogP contribution is -2.41. The van der Waals surface area contributed by atoms with Crippen molar-refractivity contribution >= 4 is 32.7 Å². The van der Waals surface area contributed by atoms with Gasteiger partial charge >= 0.3 is 6.09 Å². The molecule has 1 saturated heterocycles. The lowest BCUT2D eigenvalue weighted by atomic mass is 9.87. The number of hydrogen-bond donors (Lipinski definition) is 3. The molecule has 0 radical (unpaired) electrons. The van der Waals surface area contributed by atoms with Crippen molar-refractivity contribution in [1.82, 2.24) is 20.2 Å². The average molecular weight is 578 g/mol. The van der Waals surface area contributed by atoms with E-state index in [0.717, 1.165) is 24.2 Å². The summed E-state index contributed by atoms with van der Waals surface area (Å²) in [5, 5.41) is 3.50. The molecule has 41 heavy (non-hydrogen) atoms. The van der Waals surface area contributed by atoms with Crippen LogP contribution in [0, 0.1) is 0 Å². The molecule has 0 bridgehead atoms. The van der Waals surface area contributed by atoms with E-state index in [-0.39, 0.29) is 16.2 Å². The fraction of sp³-hybridized carbons (Fsp3) is 0.333. The third-order valence-corrected chi connectivity index (χ3v) is 8.41. The number of benzene rings is 2. The van der Waals surface area contributed by atoms with E-state index < -0.39 is 16.1 Å². The van der Waals surface area contributed by atoms with Gasteiger partial charge in [0.1, 0.15) is 0 Å². The summed E-state index contributed by atoms with van der Waals surface area (Å²) in [5.74, 6) is 0.257. The second-order valence-electron chi connectivity index (χ2n) is 11.0. The van der Waals surface area contributed by atoms with Crippen LogP contribution in [0.5, 0.6) is 5.88 Å². The highest BCUT2D eigenvalue weighted by atomic mass is 32.2. The minimum absolute atomic E-state index is 0.0855. The molecule has 10 nitrogen and oxygen atoms in total. The zero-order chi connectivity index (χ0) is 29.0. The van der Waals surface area contributed by atoms with Crippen molar-refractivity contribution in [1.29, 1.82) is 0 Å². The van der Waals surface area contributed by atoms with Crippen molar-refractivity contribution in [3.63, 3.8) is 0 Å². The molecule has 4 aromatic rings. The topological polar surface area (TPSA) is 126 Å². The van der Waals surface area contributed by atoms with Crippen LogP contribution in [-0.2, 0) is 20.2 Å². The Labute approximate surface area is 240 Å². The number of sulfonamides is 1. The Bertz CT molecular complexity index is 1610. The van der Waals surface area contributed by atoms with Gasteiger partial charge in [0.2, 0.25) is 5.88 Å². The Hall–Kier alpha value is -3.93. The Morgan fingerprint density at radius 1 is 1.05 bits per heavy atom. The van der Waals surface area contributed by atoms with Crippen LogP contribution < -0.4 is 14.8 Å². The van der Waals surface area contributed by atoms with Gasteiger partial charge in [0.05, 0.1) is 23.7 Å². The van der Waals surface area contributed by atoms with Crippen molar-refractivity contribution in [3.8, 4) is 17.0 Å². The van der Waals surface area contributed by atoms with Crippen LogP contribution in [0.2, 0.25) is 0 Å². The van der Waals surface area contributed by atoms with Crippen LogP contribution in [-0.4, -0.2) is 68.8 Å². The van der Waals surface area contributed by atoms with E-state index in [1.807, 2.05) is 12.1 Å². The number of nitrogens with one attached hydrogen (secondary N) is 3. The molecule has 0 saturated carbocycles. The Morgan fingerprint density at radius 2 is 1.76 bits per heavy atom. The fourth-order valence-corrected chi connectivity index (χ4v) is 5.78. The normalized spacial score (nSPS) is 14.6. The van der Waals surface area contributed by atoms with E-state index >= 15 is 0 Å². The zero-order valence-corrected chi connectivity index (χ0v) is 24.3. The van der Waals surface area contributed by atoms with Crippen molar-refractivity contribution in [2.45, 2.75) is 31.1 Å². The first-order chi connectivity index (χ1) is 19.6. The number of amides is 1. The van der Waals surface area contributed by atoms with Gasteiger partial charge in [-0.1, -0.05) is 32.9 Å². The van der Waals surface area contributed by atoms with Gasteiger partial charge in [-0.3, -0.25) is 14.6 Å². The molecule has 5 rings (SSSR count). The Balaban J connectivity index is 1.38. The number of pyridine rings is 1. The molecular formula is C30H35N5O5S. The molecule has 0 unspecified atom stereocenters. The second-order valence-corrected chi connectivity index (χ2v) is 12.7. The minimum atomic E-state index is -3.83. The number of anilines is 1. The summed E-state index contributed by atoms with van der Waals surface area (Å²) in [6, 6.07) is 15.7. The van der Waals surface area contributed by atoms with Crippen LogP contribution in [0.25, 0.3) is 22.0 Å². The predicted octanol–water partition coefficient (Wildman–Crippen LogP) is 4.75. The van der Waals surface area contributed by atoms with Gasteiger partial charge in [0.25, 0.3) is 10.0 Å². The maximum Gasteiger partial charge on any atom is 0.413 e. The van der Waals surface area contributed by atoms with Crippen LogP contribution in [0.3, 0.4) is 0 Å². The summed E-state index contributed by atoms with van der Waals surface area (Å²) in [7, 11) is -3.83. The molecule has 3 heterocycles. The van der Waals surface area contributed by atoms with E-state index in [1.54, 1.807) is 54.9 Å². The number of carbonyl (C=O) groups is 1. The van der Waals surface area contributed by atoms with Gasteiger partial charge in [-0.2, -0.15) is 0 Å². The highest BCUT2D eigenvalue weighted by molar-refractivity contribution is 7.92. The number of H-pyrrole nitrogens is 1. The molecule has 1 aliphatic heterocycles. The highest BCUT2D eigenvalue weighted by Crippen LogP contribution is 2.38. The summed E-state index contributed by atoms with van der Waals surface area (Å²) in [4.78, 5) is 22.4. The third kappa shape index (κ3) is 6.87. The van der Waals surface area contributed by atoms with Crippen LogP contribution in [0.1, 0.15) is 26.3 Å². The Morgan fingerprint density at radius 3 is 2.44 bits per heavy atom. The summed E-state index contributed by atoms with van der Waals surface area (Å²) in [6.07, 6.45) is 2.71. The number of morpholine rings is 1. The number of nitrogens with zero attached hydrogens (tertiary/aromatic N) is 2. The molecule has 3 N–H and O–H groups in total. The van der Waals surface area contributed by atoms with E-state index in [2.05, 4.69) is 45.7 Å². The van der Waals surface area contributed by atoms with Crippen LogP contribution >= 0.6 is 0 Å². The van der Waals surface area contributed by atoms with E-state index in [9.17, 15) is 13.2 Å². The van der Waals surface area contributed by atoms with Gasteiger partial charge in [-0.15, -0.1) is 0 Å². The summed E-state index contributed by atoms with van der Waals surface area (Å²) in [6.45, 7) is 10.4. The predicted molar refractivity (Wildman–Crippen MR) is 159 cm³/mol. The molecule has 2 aromatic heterocycles. The third-order valence-electron chi connectivity index (χ3n) is 7.01. The van der Waals surface area contributed by atoms with Crippen LogP contribution in [0.15, 0.2) is 71.9 Å². The summed E-state index contributed by atoms with van der Waals surface area (Å²) < 4.78 is 40.2. The van der Waals surface area contributed by atoms with Crippen LogP contribution in [0.4, 0.5) is 10.5 Å². The molecule has 0 aliphatic carbocycles. The number of rotatable bonds is 8. The number of ether oxygens (including phenoxy) is 2. The maximum absolute atomic E-state index is 13.2. The number of aromatic amines is 1. The molecule has 11 heteroatoms. The number of hydrogen-bond acceptors (Lipinski definition) is 7. The molecule has 1 amide bonds. The first-order valence-electron chi connectivity index (χ1n) is 13.6. The average Bonchev–Trinajstić information content (AvgIpc) is 3.30. The van der Waals surface area contributed by atoms with Crippen molar-refractivity contribution < 1.29 is 22.7 Å². The molecule has 1 fully saturated rings. The number of aromatic nitrogens is 2. The standard InChI is InChI=1S/C30H35N5O5S/c1-30(2,3)22-4-7-24(8-5-22)41(37,38)34-23-6-9-26-25(20-23)27(21-10-12-31-13-11-21)28(33-26)40-29(36)32-14-15-35-16-18-39-19-17-35/h4-13,20,33-34H,14-19H2,1-3H3,(H,32,36). The number of carbonyl (C=O) groups excluding carboxylic acids is 1. The summed E-state index contributed by atoms with van der Waals surface area (Å²) in [5.41, 5.74) is 3.42. The maximum atomic E-state index is 13.2. The number of fused-ring (bicyclic) bond motifs is 1. The quantitative estimate of drug-likeness (QED) is 0.276. The molecule has 216 valence electrons. The first-order valence-corrected chi connectivity index (χ1v) is 15.0. The second kappa shape index (κ2) is 11.9. The smallest absolute Gasteiger partial charge is 0.393 e. The fourth-order valence-electron chi connectivity index (χ4n) is 4.73. The molecule has 1 aliphatic rings. The molecule has 0 atom stereocenters. The zero-order valence-electron chi connectivity index (χ0n) is 23.4. The molecular weight excluding hydrogens is 542 g/mol. The Kier molecular flexibility index (Phi) is 8.30. The highest BCUT2D eigenvalue weighted by Gasteiger charge is 2.21. The van der Waals surface area contributed by atoms with E-state index in [1.165, 1.54) is 0 Å². The van der Waals surface area contributed by atoms with Crippen molar-refractivity contribution in [2.24, 2.45) is 0 Å². The van der Waals surface area contributed by atoms with Crippen molar-refractivity contribution in [3.05, 3.63) is 72.6 Å². The van der Waals surface area contributed by atoms with Gasteiger partial charge in [0.15, 0.2) is 0 Å². The molecule has 2 aromatic carbocycles. The monoisotopic (exact) mass is 577 g/mol. The van der Waals surface area contributed by atoms with Gasteiger partial charge in [0, 0.05) is 55.2 Å². The van der Waals surface area contributed by atoms with E-state index in [4.69, 9.17) is 9.47 Å². The van der Waals surface area contributed by atoms with Gasteiger partial charge in [-0.25, -0.2) is 13.2 Å². The molecule has 0 spiro atoms. The first kappa shape index (κ1) is 28.6. The van der Waals surface area contributed by atoms with Gasteiger partial charge in [-0.05, 0) is 59.0 Å². The van der Waals surface area contributed by atoms with E-state index in [0.29, 0.717) is 48.5 Å². The lowest BCUT2D eigenvalue weighted by molar-refractivity contribution is 0.0385. The van der Waals surface area contributed by atoms with Gasteiger partial charge < -0.3 is 19.8 Å².